The number of nitrogens with zero attached hydrogens (tertiary/aromatic N) is 2. The minimum atomic E-state index is 0.00560. The highest BCUT2D eigenvalue weighted by molar-refractivity contribution is 7.15. The van der Waals surface area contributed by atoms with Crippen LogP contribution in [0.25, 0.3) is 4.96 Å². The molecule has 0 radical (unpaired) electrons. The molecule has 1 N–H and O–H groups in total. The Bertz CT molecular complexity index is 593. The second-order valence-electron chi connectivity index (χ2n) is 6.02. The fourth-order valence-corrected chi connectivity index (χ4v) is 3.74. The Labute approximate surface area is 134 Å². The summed E-state index contributed by atoms with van der Waals surface area (Å²) in [7, 11) is 0. The Balaban J connectivity index is 1.36. The maximum Gasteiger partial charge on any atom is 0.226 e. The molecule has 0 saturated heterocycles. The summed E-state index contributed by atoms with van der Waals surface area (Å²) in [5.74, 6) is 0.647. The zero-order chi connectivity index (χ0) is 15.4. The van der Waals surface area contributed by atoms with Crippen LogP contribution in [0.5, 0.6) is 0 Å². The first-order valence-corrected chi connectivity index (χ1v) is 8.90. The van der Waals surface area contributed by atoms with Crippen LogP contribution in [-0.4, -0.2) is 34.5 Å². The molecule has 0 spiro atoms. The standard InChI is InChI=1S/C16H23N3O2S/c1-12-4-2-3-5-14(12)21-8-6-17-15(20)10-13-11-19-7-9-22-16(19)18-13/h7,9,11-12,14H,2-6,8,10H2,1H3,(H,17,20)/t12-,14-/m1/s1. The van der Waals surface area contributed by atoms with E-state index in [0.717, 1.165) is 17.1 Å². The van der Waals surface area contributed by atoms with Crippen molar-refractivity contribution in [2.75, 3.05) is 13.2 Å². The van der Waals surface area contributed by atoms with E-state index in [4.69, 9.17) is 4.74 Å². The first-order chi connectivity index (χ1) is 10.7. The highest BCUT2D eigenvalue weighted by Crippen LogP contribution is 2.25. The summed E-state index contributed by atoms with van der Waals surface area (Å²) in [6.07, 6.45) is 9.55. The lowest BCUT2D eigenvalue weighted by Gasteiger charge is -2.28. The van der Waals surface area contributed by atoms with E-state index in [9.17, 15) is 4.79 Å². The van der Waals surface area contributed by atoms with Crippen molar-refractivity contribution in [3.8, 4) is 0 Å². The van der Waals surface area contributed by atoms with Gasteiger partial charge < -0.3 is 10.1 Å². The van der Waals surface area contributed by atoms with Crippen LogP contribution in [0, 0.1) is 5.92 Å². The van der Waals surface area contributed by atoms with Gasteiger partial charge >= 0.3 is 0 Å². The summed E-state index contributed by atoms with van der Waals surface area (Å²) in [6.45, 7) is 3.43. The second kappa shape index (κ2) is 7.24. The third-order valence-electron chi connectivity index (χ3n) is 4.27. The van der Waals surface area contributed by atoms with Crippen molar-refractivity contribution in [2.45, 2.75) is 45.1 Å². The van der Waals surface area contributed by atoms with Gasteiger partial charge in [-0.3, -0.25) is 9.20 Å². The number of hydrogen-bond acceptors (Lipinski definition) is 4. The molecule has 22 heavy (non-hydrogen) atoms. The highest BCUT2D eigenvalue weighted by Gasteiger charge is 2.21. The van der Waals surface area contributed by atoms with Crippen LogP contribution < -0.4 is 5.32 Å². The molecule has 2 heterocycles. The van der Waals surface area contributed by atoms with Crippen LogP contribution in [0.2, 0.25) is 0 Å². The minimum absolute atomic E-state index is 0.00560. The maximum atomic E-state index is 11.9. The molecule has 3 rings (SSSR count). The molecule has 1 aliphatic carbocycles. The molecule has 2 aromatic heterocycles. The molecule has 0 aromatic carbocycles. The summed E-state index contributed by atoms with van der Waals surface area (Å²) in [6, 6.07) is 0. The van der Waals surface area contributed by atoms with Gasteiger partial charge in [-0.1, -0.05) is 19.8 Å². The molecule has 1 fully saturated rings. The van der Waals surface area contributed by atoms with Crippen molar-refractivity contribution in [1.29, 1.82) is 0 Å². The Morgan fingerprint density at radius 3 is 3.18 bits per heavy atom. The van der Waals surface area contributed by atoms with Gasteiger partial charge in [0.1, 0.15) is 0 Å². The van der Waals surface area contributed by atoms with Gasteiger partial charge in [-0.25, -0.2) is 4.98 Å². The average Bonchev–Trinajstić information content (AvgIpc) is 3.06. The van der Waals surface area contributed by atoms with Gasteiger partial charge in [-0.2, -0.15) is 0 Å². The van der Waals surface area contributed by atoms with E-state index >= 15 is 0 Å². The number of thiazole rings is 1. The van der Waals surface area contributed by atoms with Gasteiger partial charge in [0.2, 0.25) is 5.91 Å². The Morgan fingerprint density at radius 2 is 2.36 bits per heavy atom. The number of rotatable bonds is 6. The normalized spacial score (nSPS) is 22.0. The molecule has 2 aromatic rings. The topological polar surface area (TPSA) is 55.6 Å². The van der Waals surface area contributed by atoms with Crippen LogP contribution >= 0.6 is 11.3 Å². The predicted molar refractivity (Wildman–Crippen MR) is 87.2 cm³/mol. The number of aromatic nitrogens is 2. The highest BCUT2D eigenvalue weighted by atomic mass is 32.1. The third-order valence-corrected chi connectivity index (χ3v) is 5.04. The van der Waals surface area contributed by atoms with Crippen molar-refractivity contribution in [1.82, 2.24) is 14.7 Å². The summed E-state index contributed by atoms with van der Waals surface area (Å²) in [4.78, 5) is 17.3. The van der Waals surface area contributed by atoms with Gasteiger partial charge in [0.15, 0.2) is 4.96 Å². The largest absolute Gasteiger partial charge is 0.376 e. The summed E-state index contributed by atoms with van der Waals surface area (Å²) >= 11 is 1.57. The molecule has 0 bridgehead atoms. The van der Waals surface area contributed by atoms with Crippen LogP contribution in [0.3, 0.4) is 0 Å². The first-order valence-electron chi connectivity index (χ1n) is 8.02. The third kappa shape index (κ3) is 3.87. The van der Waals surface area contributed by atoms with Gasteiger partial charge in [0.05, 0.1) is 24.8 Å². The lowest BCUT2D eigenvalue weighted by atomic mass is 9.88. The van der Waals surface area contributed by atoms with E-state index in [-0.39, 0.29) is 5.91 Å². The Morgan fingerprint density at radius 1 is 1.50 bits per heavy atom. The molecule has 120 valence electrons. The van der Waals surface area contributed by atoms with Crippen molar-refractivity contribution in [3.05, 3.63) is 23.5 Å². The number of nitrogens with one attached hydrogen (secondary N) is 1. The molecule has 0 unspecified atom stereocenters. The molecular formula is C16H23N3O2S. The van der Waals surface area contributed by atoms with Crippen molar-refractivity contribution in [2.24, 2.45) is 5.92 Å². The van der Waals surface area contributed by atoms with Crippen LogP contribution in [-0.2, 0) is 16.0 Å². The predicted octanol–water partition coefficient (Wildman–Crippen LogP) is 2.65. The van der Waals surface area contributed by atoms with E-state index in [1.807, 2.05) is 22.2 Å². The summed E-state index contributed by atoms with van der Waals surface area (Å²) in [5.41, 5.74) is 0.811. The molecular weight excluding hydrogens is 298 g/mol. The molecule has 6 heteroatoms. The zero-order valence-electron chi connectivity index (χ0n) is 13.0. The molecule has 2 atom stereocenters. The second-order valence-corrected chi connectivity index (χ2v) is 6.90. The van der Waals surface area contributed by atoms with Crippen LogP contribution in [0.15, 0.2) is 17.8 Å². The van der Waals surface area contributed by atoms with Crippen LogP contribution in [0.4, 0.5) is 0 Å². The van der Waals surface area contributed by atoms with Crippen molar-refractivity contribution < 1.29 is 9.53 Å². The van der Waals surface area contributed by atoms with Crippen molar-refractivity contribution in [3.63, 3.8) is 0 Å². The number of fused-ring (bicyclic) bond motifs is 1. The lowest BCUT2D eigenvalue weighted by molar-refractivity contribution is -0.121. The minimum Gasteiger partial charge on any atom is -0.376 e. The average molecular weight is 321 g/mol. The Hall–Kier alpha value is -1.40. The molecule has 1 aliphatic rings. The molecule has 1 amide bonds. The quantitative estimate of drug-likeness (QED) is 0.832. The van der Waals surface area contributed by atoms with E-state index in [1.54, 1.807) is 11.3 Å². The van der Waals surface area contributed by atoms with E-state index in [1.165, 1.54) is 19.3 Å². The number of carbonyl (C=O) groups excluding carboxylic acids is 1. The number of amides is 1. The monoisotopic (exact) mass is 321 g/mol. The van der Waals surface area contributed by atoms with Gasteiger partial charge in [0, 0.05) is 24.3 Å². The SMILES string of the molecule is C[C@@H]1CCCC[C@H]1OCCNC(=O)Cc1cn2ccsc2n1. The molecule has 5 nitrogen and oxygen atoms in total. The number of carbonyl (C=O) groups is 1. The van der Waals surface area contributed by atoms with Gasteiger partial charge in [-0.15, -0.1) is 11.3 Å². The summed E-state index contributed by atoms with van der Waals surface area (Å²) < 4.78 is 7.84. The van der Waals surface area contributed by atoms with E-state index in [2.05, 4.69) is 17.2 Å². The number of hydrogen-bond donors (Lipinski definition) is 1. The Kier molecular flexibility index (Phi) is 5.10. The van der Waals surface area contributed by atoms with Crippen molar-refractivity contribution >= 4 is 22.2 Å². The van der Waals surface area contributed by atoms with E-state index < -0.39 is 0 Å². The molecule has 0 aliphatic heterocycles. The van der Waals surface area contributed by atoms with Crippen LogP contribution in [0.1, 0.15) is 38.3 Å². The van der Waals surface area contributed by atoms with Gasteiger partial charge in [0.25, 0.3) is 0 Å². The molecule has 1 saturated carbocycles. The lowest BCUT2D eigenvalue weighted by Crippen LogP contribution is -2.32. The summed E-state index contributed by atoms with van der Waals surface area (Å²) in [5, 5.41) is 4.89. The zero-order valence-corrected chi connectivity index (χ0v) is 13.8. The smallest absolute Gasteiger partial charge is 0.226 e. The van der Waals surface area contributed by atoms with E-state index in [0.29, 0.717) is 31.6 Å². The number of imidazole rings is 1. The fourth-order valence-electron chi connectivity index (χ4n) is 3.02. The number of ether oxygens (including phenoxy) is 1. The fraction of sp³-hybridized carbons (Fsp3) is 0.625. The first kappa shape index (κ1) is 15.5. The maximum absolute atomic E-state index is 11.9. The van der Waals surface area contributed by atoms with Gasteiger partial charge in [-0.05, 0) is 18.8 Å².